The van der Waals surface area contributed by atoms with Crippen molar-refractivity contribution in [2.75, 3.05) is 6.54 Å². The first-order chi connectivity index (χ1) is 9.99. The van der Waals surface area contributed by atoms with E-state index in [1.54, 1.807) is 11.0 Å². The molecule has 110 valence electrons. The smallest absolute Gasteiger partial charge is 0.254 e. The first-order valence-corrected chi connectivity index (χ1v) is 7.11. The second kappa shape index (κ2) is 6.53. The highest BCUT2D eigenvalue weighted by atomic mass is 19.1. The van der Waals surface area contributed by atoms with Gasteiger partial charge in [0.2, 0.25) is 0 Å². The highest BCUT2D eigenvalue weighted by molar-refractivity contribution is 5.94. The molecule has 2 aromatic carbocycles. The fourth-order valence-electron chi connectivity index (χ4n) is 2.46. The van der Waals surface area contributed by atoms with Gasteiger partial charge in [0.05, 0.1) is 0 Å². The molecule has 0 saturated heterocycles. The number of carbonyl (C=O) groups is 1. The highest BCUT2D eigenvalue weighted by Gasteiger charge is 2.15. The first kappa shape index (κ1) is 15.2. The van der Waals surface area contributed by atoms with E-state index in [4.69, 9.17) is 0 Å². The lowest BCUT2D eigenvalue weighted by Gasteiger charge is -2.21. The Morgan fingerprint density at radius 1 is 1.10 bits per heavy atom. The maximum absolute atomic E-state index is 13.2. The molecule has 0 unspecified atom stereocenters. The molecule has 2 aromatic rings. The van der Waals surface area contributed by atoms with Crippen LogP contribution in [0.2, 0.25) is 0 Å². The topological polar surface area (TPSA) is 20.3 Å². The Kier molecular flexibility index (Phi) is 4.73. The van der Waals surface area contributed by atoms with Gasteiger partial charge in [0.1, 0.15) is 5.82 Å². The Labute approximate surface area is 125 Å². The number of carbonyl (C=O) groups excluding carboxylic acids is 1. The monoisotopic (exact) mass is 285 g/mol. The average Bonchev–Trinajstić information content (AvgIpc) is 2.43. The molecule has 2 rings (SSSR count). The van der Waals surface area contributed by atoms with Crippen LogP contribution >= 0.6 is 0 Å². The van der Waals surface area contributed by atoms with E-state index in [0.29, 0.717) is 18.7 Å². The first-order valence-electron chi connectivity index (χ1n) is 7.11. The van der Waals surface area contributed by atoms with Crippen LogP contribution in [0.25, 0.3) is 0 Å². The van der Waals surface area contributed by atoms with E-state index in [-0.39, 0.29) is 11.7 Å². The molecule has 1 amide bonds. The summed E-state index contributed by atoms with van der Waals surface area (Å²) in [5.41, 5.74) is 3.63. The minimum atomic E-state index is -0.276. The molecule has 0 aliphatic heterocycles. The molecule has 0 radical (unpaired) electrons. The van der Waals surface area contributed by atoms with Gasteiger partial charge in [-0.1, -0.05) is 29.3 Å². The van der Waals surface area contributed by atoms with E-state index < -0.39 is 0 Å². The number of rotatable bonds is 4. The van der Waals surface area contributed by atoms with Gasteiger partial charge in [0.25, 0.3) is 5.91 Å². The summed E-state index contributed by atoms with van der Waals surface area (Å²) in [7, 11) is 0. The number of aryl methyl sites for hydroxylation is 2. The largest absolute Gasteiger partial charge is 0.335 e. The Morgan fingerprint density at radius 2 is 1.76 bits per heavy atom. The zero-order chi connectivity index (χ0) is 15.4. The quantitative estimate of drug-likeness (QED) is 0.828. The van der Waals surface area contributed by atoms with Crippen LogP contribution in [0.5, 0.6) is 0 Å². The van der Waals surface area contributed by atoms with E-state index in [1.165, 1.54) is 12.1 Å². The lowest BCUT2D eigenvalue weighted by Crippen LogP contribution is -2.30. The molecule has 0 spiro atoms. The van der Waals surface area contributed by atoms with E-state index in [1.807, 2.05) is 45.0 Å². The maximum Gasteiger partial charge on any atom is 0.254 e. The summed E-state index contributed by atoms with van der Waals surface area (Å²) >= 11 is 0. The summed E-state index contributed by atoms with van der Waals surface area (Å²) in [5, 5.41) is 0. The fourth-order valence-corrected chi connectivity index (χ4v) is 2.46. The average molecular weight is 285 g/mol. The second-order valence-corrected chi connectivity index (χ2v) is 5.33. The van der Waals surface area contributed by atoms with Crippen LogP contribution in [0.15, 0.2) is 42.5 Å². The van der Waals surface area contributed by atoms with Crippen LogP contribution in [0.1, 0.15) is 34.0 Å². The summed E-state index contributed by atoms with van der Waals surface area (Å²) in [4.78, 5) is 14.3. The molecule has 2 nitrogen and oxygen atoms in total. The molecule has 3 heteroatoms. The SMILES string of the molecule is CCN(Cc1cccc(F)c1)C(=O)c1cc(C)cc(C)c1. The van der Waals surface area contributed by atoms with Crippen molar-refractivity contribution in [2.45, 2.75) is 27.3 Å². The molecule has 0 aliphatic rings. The van der Waals surface area contributed by atoms with Crippen molar-refractivity contribution < 1.29 is 9.18 Å². The van der Waals surface area contributed by atoms with Crippen molar-refractivity contribution in [3.63, 3.8) is 0 Å². The summed E-state index contributed by atoms with van der Waals surface area (Å²) < 4.78 is 13.2. The molecule has 0 saturated carbocycles. The third-order valence-corrected chi connectivity index (χ3v) is 3.40. The van der Waals surface area contributed by atoms with Crippen molar-refractivity contribution in [1.82, 2.24) is 4.90 Å². The van der Waals surface area contributed by atoms with Crippen molar-refractivity contribution in [3.05, 3.63) is 70.5 Å². The van der Waals surface area contributed by atoms with E-state index in [0.717, 1.165) is 16.7 Å². The van der Waals surface area contributed by atoms with Gasteiger partial charge in [-0.3, -0.25) is 4.79 Å². The predicted octanol–water partition coefficient (Wildman–Crippen LogP) is 4.10. The van der Waals surface area contributed by atoms with Crippen LogP contribution in [-0.2, 0) is 6.54 Å². The molecule has 0 fully saturated rings. The zero-order valence-corrected chi connectivity index (χ0v) is 12.7. The number of amides is 1. The highest BCUT2D eigenvalue weighted by Crippen LogP contribution is 2.14. The minimum Gasteiger partial charge on any atom is -0.335 e. The zero-order valence-electron chi connectivity index (χ0n) is 12.7. The summed E-state index contributed by atoms with van der Waals surface area (Å²) in [6, 6.07) is 12.2. The fraction of sp³-hybridized carbons (Fsp3) is 0.278. The van der Waals surface area contributed by atoms with Gasteiger partial charge in [0.15, 0.2) is 0 Å². The normalized spacial score (nSPS) is 10.5. The second-order valence-electron chi connectivity index (χ2n) is 5.33. The Balaban J connectivity index is 2.22. The molecule has 0 aliphatic carbocycles. The molecule has 0 bridgehead atoms. The number of hydrogen-bond donors (Lipinski definition) is 0. The third-order valence-electron chi connectivity index (χ3n) is 3.40. The van der Waals surface area contributed by atoms with Crippen molar-refractivity contribution in [3.8, 4) is 0 Å². The molecule has 0 atom stereocenters. The molecular weight excluding hydrogens is 265 g/mol. The summed E-state index contributed by atoms with van der Waals surface area (Å²) in [6.07, 6.45) is 0. The standard InChI is InChI=1S/C18H20FNO/c1-4-20(12-15-6-5-7-17(19)11-15)18(21)16-9-13(2)8-14(3)10-16/h5-11H,4,12H2,1-3H3. The summed E-state index contributed by atoms with van der Waals surface area (Å²) in [5.74, 6) is -0.295. The number of hydrogen-bond acceptors (Lipinski definition) is 1. The lowest BCUT2D eigenvalue weighted by molar-refractivity contribution is 0.0752. The van der Waals surface area contributed by atoms with Crippen molar-refractivity contribution in [2.24, 2.45) is 0 Å². The van der Waals surface area contributed by atoms with Crippen molar-refractivity contribution >= 4 is 5.91 Å². The van der Waals surface area contributed by atoms with Gasteiger partial charge in [-0.15, -0.1) is 0 Å². The molecular formula is C18H20FNO. The maximum atomic E-state index is 13.2. The van der Waals surface area contributed by atoms with Gasteiger partial charge < -0.3 is 4.90 Å². The lowest BCUT2D eigenvalue weighted by atomic mass is 10.1. The van der Waals surface area contributed by atoms with Crippen LogP contribution in [0.3, 0.4) is 0 Å². The van der Waals surface area contributed by atoms with Gasteiger partial charge in [-0.2, -0.15) is 0 Å². The molecule has 21 heavy (non-hydrogen) atoms. The van der Waals surface area contributed by atoms with Crippen LogP contribution in [-0.4, -0.2) is 17.4 Å². The van der Waals surface area contributed by atoms with Crippen LogP contribution in [0.4, 0.5) is 4.39 Å². The third kappa shape index (κ3) is 3.91. The van der Waals surface area contributed by atoms with Crippen LogP contribution < -0.4 is 0 Å². The van der Waals surface area contributed by atoms with Crippen LogP contribution in [0, 0.1) is 19.7 Å². The molecule has 0 heterocycles. The molecule has 0 aromatic heterocycles. The van der Waals surface area contributed by atoms with E-state index in [2.05, 4.69) is 0 Å². The Morgan fingerprint density at radius 3 is 2.33 bits per heavy atom. The van der Waals surface area contributed by atoms with Crippen molar-refractivity contribution in [1.29, 1.82) is 0 Å². The minimum absolute atomic E-state index is 0.0199. The van der Waals surface area contributed by atoms with Gasteiger partial charge in [-0.05, 0) is 50.6 Å². The number of benzene rings is 2. The Bertz CT molecular complexity index is 631. The van der Waals surface area contributed by atoms with E-state index >= 15 is 0 Å². The van der Waals surface area contributed by atoms with Gasteiger partial charge in [0, 0.05) is 18.7 Å². The van der Waals surface area contributed by atoms with E-state index in [9.17, 15) is 9.18 Å². The number of nitrogens with zero attached hydrogens (tertiary/aromatic N) is 1. The predicted molar refractivity (Wildman–Crippen MR) is 82.7 cm³/mol. The Hall–Kier alpha value is -2.16. The van der Waals surface area contributed by atoms with Gasteiger partial charge in [-0.25, -0.2) is 4.39 Å². The molecule has 0 N–H and O–H groups in total. The van der Waals surface area contributed by atoms with Gasteiger partial charge >= 0.3 is 0 Å². The summed E-state index contributed by atoms with van der Waals surface area (Å²) in [6.45, 7) is 6.89. The number of halogens is 1.